The van der Waals surface area contributed by atoms with Gasteiger partial charge in [-0.05, 0) is 38.0 Å². The number of nitrogens with two attached hydrogens (primary N) is 1. The van der Waals surface area contributed by atoms with E-state index in [2.05, 4.69) is 4.98 Å². The van der Waals surface area contributed by atoms with E-state index in [9.17, 15) is 4.39 Å². The van der Waals surface area contributed by atoms with Crippen LogP contribution in [0, 0.1) is 26.6 Å². The Hall–Kier alpha value is -1.26. The largest absolute Gasteiger partial charge is 0.324 e. The van der Waals surface area contributed by atoms with Gasteiger partial charge in [0.05, 0.1) is 5.01 Å². The summed E-state index contributed by atoms with van der Waals surface area (Å²) >= 11 is 1.57. The van der Waals surface area contributed by atoms with Gasteiger partial charge in [0.2, 0.25) is 0 Å². The first-order valence-corrected chi connectivity index (χ1v) is 6.78. The number of hydrogen-bond donors (Lipinski definition) is 1. The molecule has 4 heteroatoms. The minimum atomic E-state index is -0.337. The molecule has 1 heterocycles. The first-order chi connectivity index (χ1) is 8.47. The van der Waals surface area contributed by atoms with Gasteiger partial charge in [-0.1, -0.05) is 6.07 Å². The van der Waals surface area contributed by atoms with Gasteiger partial charge in [-0.3, -0.25) is 0 Å². The third kappa shape index (κ3) is 2.76. The van der Waals surface area contributed by atoms with E-state index in [4.69, 9.17) is 5.73 Å². The van der Waals surface area contributed by atoms with E-state index in [1.807, 2.05) is 32.2 Å². The van der Waals surface area contributed by atoms with Crippen molar-refractivity contribution in [1.29, 1.82) is 0 Å². The summed E-state index contributed by atoms with van der Waals surface area (Å²) in [7, 11) is 0. The summed E-state index contributed by atoms with van der Waals surface area (Å²) in [5.41, 5.74) is 9.54. The van der Waals surface area contributed by atoms with E-state index in [1.54, 1.807) is 11.3 Å². The second-order valence-electron chi connectivity index (χ2n) is 4.67. The molecule has 0 bridgehead atoms. The van der Waals surface area contributed by atoms with E-state index in [1.165, 1.54) is 6.07 Å². The highest BCUT2D eigenvalue weighted by molar-refractivity contribution is 7.09. The van der Waals surface area contributed by atoms with E-state index in [-0.39, 0.29) is 11.9 Å². The Labute approximate surface area is 111 Å². The van der Waals surface area contributed by atoms with Crippen molar-refractivity contribution >= 4 is 11.3 Å². The number of nitrogens with zero attached hydrogens (tertiary/aromatic N) is 1. The number of hydrogen-bond acceptors (Lipinski definition) is 3. The lowest BCUT2D eigenvalue weighted by Gasteiger charge is -2.15. The van der Waals surface area contributed by atoms with Crippen LogP contribution in [-0.4, -0.2) is 4.98 Å². The van der Waals surface area contributed by atoms with Crippen molar-refractivity contribution in [2.75, 3.05) is 0 Å². The van der Waals surface area contributed by atoms with Gasteiger partial charge in [-0.2, -0.15) is 0 Å². The van der Waals surface area contributed by atoms with Crippen LogP contribution >= 0.6 is 11.3 Å². The average Bonchev–Trinajstić information content (AvgIpc) is 2.62. The molecular formula is C14H17FN2S. The highest BCUT2D eigenvalue weighted by Crippen LogP contribution is 2.25. The van der Waals surface area contributed by atoms with Gasteiger partial charge in [-0.25, -0.2) is 9.37 Å². The molecule has 0 radical (unpaired) electrons. The van der Waals surface area contributed by atoms with Crippen molar-refractivity contribution in [3.63, 3.8) is 0 Å². The maximum Gasteiger partial charge on any atom is 0.128 e. The lowest BCUT2D eigenvalue weighted by atomic mass is 9.97. The fourth-order valence-corrected chi connectivity index (χ4v) is 3.01. The average molecular weight is 264 g/mol. The molecule has 0 fully saturated rings. The smallest absolute Gasteiger partial charge is 0.128 e. The van der Waals surface area contributed by atoms with Crippen molar-refractivity contribution in [2.45, 2.75) is 33.2 Å². The minimum absolute atomic E-state index is 0.215. The highest BCUT2D eigenvalue weighted by atomic mass is 32.1. The molecule has 2 nitrogen and oxygen atoms in total. The van der Waals surface area contributed by atoms with Crippen LogP contribution in [0.5, 0.6) is 0 Å². The van der Waals surface area contributed by atoms with Crippen molar-refractivity contribution in [3.8, 4) is 0 Å². The van der Waals surface area contributed by atoms with E-state index in [0.717, 1.165) is 21.8 Å². The molecule has 2 N–H and O–H groups in total. The maximum absolute atomic E-state index is 14.0. The first-order valence-electron chi connectivity index (χ1n) is 5.90. The molecule has 2 rings (SSSR count). The van der Waals surface area contributed by atoms with Gasteiger partial charge in [-0.15, -0.1) is 11.3 Å². The van der Waals surface area contributed by atoms with Gasteiger partial charge >= 0.3 is 0 Å². The molecule has 18 heavy (non-hydrogen) atoms. The van der Waals surface area contributed by atoms with E-state index in [0.29, 0.717) is 12.0 Å². The summed E-state index contributed by atoms with van der Waals surface area (Å²) < 4.78 is 14.0. The molecule has 2 aromatic rings. The molecule has 0 aliphatic heterocycles. The fraction of sp³-hybridized carbons (Fsp3) is 0.357. The number of halogens is 1. The van der Waals surface area contributed by atoms with Crippen LogP contribution in [0.15, 0.2) is 17.5 Å². The fourth-order valence-electron chi connectivity index (χ4n) is 2.18. The first kappa shape index (κ1) is 13.2. The molecule has 0 saturated heterocycles. The Kier molecular flexibility index (Phi) is 3.78. The molecule has 1 aromatic heterocycles. The number of thiazole rings is 1. The monoisotopic (exact) mass is 264 g/mol. The Morgan fingerprint density at radius 3 is 2.61 bits per heavy atom. The Morgan fingerprint density at radius 1 is 1.33 bits per heavy atom. The highest BCUT2D eigenvalue weighted by Gasteiger charge is 2.16. The zero-order valence-corrected chi connectivity index (χ0v) is 11.6. The Morgan fingerprint density at radius 2 is 2.06 bits per heavy atom. The van der Waals surface area contributed by atoms with Gasteiger partial charge < -0.3 is 5.73 Å². The topological polar surface area (TPSA) is 38.9 Å². The van der Waals surface area contributed by atoms with E-state index >= 15 is 0 Å². The predicted molar refractivity (Wildman–Crippen MR) is 73.4 cm³/mol. The van der Waals surface area contributed by atoms with Gasteiger partial charge in [0, 0.05) is 29.1 Å². The van der Waals surface area contributed by atoms with Crippen LogP contribution in [0.1, 0.15) is 33.4 Å². The zero-order chi connectivity index (χ0) is 13.3. The molecule has 0 saturated carbocycles. The lowest BCUT2D eigenvalue weighted by Crippen LogP contribution is -2.16. The second kappa shape index (κ2) is 5.16. The number of benzene rings is 1. The van der Waals surface area contributed by atoms with Crippen LogP contribution < -0.4 is 5.73 Å². The SMILES string of the molecule is Cc1cc(C)c(C(N)Cc2nc(C)cs2)c(F)c1. The number of aryl methyl sites for hydroxylation is 3. The summed E-state index contributed by atoms with van der Waals surface area (Å²) in [6.45, 7) is 5.73. The second-order valence-corrected chi connectivity index (χ2v) is 5.61. The van der Waals surface area contributed by atoms with E-state index < -0.39 is 0 Å². The third-order valence-corrected chi connectivity index (χ3v) is 3.90. The summed E-state index contributed by atoms with van der Waals surface area (Å²) in [5.74, 6) is -0.215. The molecule has 0 aliphatic rings. The molecular weight excluding hydrogens is 247 g/mol. The molecule has 1 atom stereocenters. The van der Waals surface area contributed by atoms with Crippen LogP contribution in [0.3, 0.4) is 0 Å². The summed E-state index contributed by atoms with van der Waals surface area (Å²) in [4.78, 5) is 4.37. The van der Waals surface area contributed by atoms with Crippen LogP contribution in [0.25, 0.3) is 0 Å². The molecule has 1 unspecified atom stereocenters. The summed E-state index contributed by atoms with van der Waals surface area (Å²) in [6, 6.07) is 3.16. The normalized spacial score (nSPS) is 12.7. The van der Waals surface area contributed by atoms with Crippen molar-refractivity contribution in [3.05, 3.63) is 50.7 Å². The molecule has 0 amide bonds. The Bertz CT molecular complexity index is 540. The van der Waals surface area contributed by atoms with Crippen LogP contribution in [0.2, 0.25) is 0 Å². The summed E-state index contributed by atoms with van der Waals surface area (Å²) in [6.07, 6.45) is 0.583. The Balaban J connectivity index is 2.26. The molecule has 0 spiro atoms. The summed E-state index contributed by atoms with van der Waals surface area (Å²) in [5, 5.41) is 2.94. The van der Waals surface area contributed by atoms with Gasteiger partial charge in [0.15, 0.2) is 0 Å². The molecule has 1 aromatic carbocycles. The van der Waals surface area contributed by atoms with Gasteiger partial charge in [0.25, 0.3) is 0 Å². The van der Waals surface area contributed by atoms with Crippen LogP contribution in [-0.2, 0) is 6.42 Å². The number of rotatable bonds is 3. The number of aromatic nitrogens is 1. The zero-order valence-electron chi connectivity index (χ0n) is 10.8. The lowest BCUT2D eigenvalue weighted by molar-refractivity contribution is 0.575. The predicted octanol–water partition coefficient (Wildman–Crippen LogP) is 3.45. The van der Waals surface area contributed by atoms with Crippen molar-refractivity contribution in [2.24, 2.45) is 5.73 Å². The van der Waals surface area contributed by atoms with Gasteiger partial charge in [0.1, 0.15) is 5.82 Å². The quantitative estimate of drug-likeness (QED) is 0.922. The third-order valence-electron chi connectivity index (χ3n) is 2.91. The molecule has 96 valence electrons. The van der Waals surface area contributed by atoms with Crippen molar-refractivity contribution < 1.29 is 4.39 Å². The minimum Gasteiger partial charge on any atom is -0.324 e. The van der Waals surface area contributed by atoms with Crippen LogP contribution in [0.4, 0.5) is 4.39 Å². The van der Waals surface area contributed by atoms with Crippen molar-refractivity contribution in [1.82, 2.24) is 4.98 Å². The standard InChI is InChI=1S/C14H17FN2S/c1-8-4-9(2)14(11(15)5-8)12(16)6-13-17-10(3)7-18-13/h4-5,7,12H,6,16H2,1-3H3. The molecule has 0 aliphatic carbocycles. The maximum atomic E-state index is 14.0.